The molecular weight excluding hydrogens is 424 g/mol. The molecule has 2 rings (SSSR count). The lowest BCUT2D eigenvalue weighted by Crippen LogP contribution is -2.55. The lowest BCUT2D eigenvalue weighted by molar-refractivity contribution is -0.0675. The van der Waals surface area contributed by atoms with Gasteiger partial charge >= 0.3 is 6.18 Å². The number of nitrogens with zero attached hydrogens (tertiary/aromatic N) is 2. The van der Waals surface area contributed by atoms with Gasteiger partial charge in [0.2, 0.25) is 5.84 Å². The molecule has 0 bridgehead atoms. The number of benzene rings is 1. The Morgan fingerprint density at radius 1 is 1.16 bits per heavy atom. The van der Waals surface area contributed by atoms with Gasteiger partial charge in [-0.05, 0) is 31.5 Å². The van der Waals surface area contributed by atoms with Crippen LogP contribution in [0.2, 0.25) is 0 Å². The van der Waals surface area contributed by atoms with E-state index in [4.69, 9.17) is 10.8 Å². The summed E-state index contributed by atoms with van der Waals surface area (Å²) in [5.41, 5.74) is 0.748. The molecule has 1 aliphatic rings. The van der Waals surface area contributed by atoms with Gasteiger partial charge in [0, 0.05) is 37.3 Å². The normalized spacial score (nSPS) is 16.6. The standard InChI is InChI=1S/C20H25F6N5/c1-3-4-14(30-5-6-31(18(27)11-30)19(28)20(24,25)26)9-13(29-2)7-12-8-16(22)17(23)10-15(12)21/h4,8,10,13,27-29H,3,5-7,9,11H2,1-2H3/b14-4+,27-18?,28-19?. The number of rotatable bonds is 7. The quantitative estimate of drug-likeness (QED) is 0.255. The van der Waals surface area contributed by atoms with Gasteiger partial charge in [-0.25, -0.2) is 13.2 Å². The van der Waals surface area contributed by atoms with E-state index in [2.05, 4.69) is 5.32 Å². The van der Waals surface area contributed by atoms with E-state index >= 15 is 0 Å². The van der Waals surface area contributed by atoms with Gasteiger partial charge in [-0.1, -0.05) is 13.0 Å². The van der Waals surface area contributed by atoms with Gasteiger partial charge < -0.3 is 15.1 Å². The van der Waals surface area contributed by atoms with Crippen molar-refractivity contribution >= 4 is 11.7 Å². The highest BCUT2D eigenvalue weighted by Gasteiger charge is 2.41. The fourth-order valence-electron chi connectivity index (χ4n) is 3.44. The van der Waals surface area contributed by atoms with Crippen molar-refractivity contribution in [2.45, 2.75) is 38.4 Å². The van der Waals surface area contributed by atoms with Crippen LogP contribution in [0.3, 0.4) is 0 Å². The summed E-state index contributed by atoms with van der Waals surface area (Å²) in [4.78, 5) is 2.38. The monoisotopic (exact) mass is 449 g/mol. The first-order chi connectivity index (χ1) is 14.5. The minimum atomic E-state index is -4.83. The number of piperazine rings is 1. The molecule has 0 aliphatic carbocycles. The van der Waals surface area contributed by atoms with Crippen LogP contribution in [0.4, 0.5) is 26.3 Å². The average Bonchev–Trinajstić information content (AvgIpc) is 2.69. The largest absolute Gasteiger partial charge is 0.449 e. The van der Waals surface area contributed by atoms with Crippen molar-refractivity contribution in [2.75, 3.05) is 26.7 Å². The predicted octanol–water partition coefficient (Wildman–Crippen LogP) is 4.05. The second-order valence-corrected chi connectivity index (χ2v) is 7.22. The molecule has 1 aromatic carbocycles. The summed E-state index contributed by atoms with van der Waals surface area (Å²) < 4.78 is 79.2. The molecule has 31 heavy (non-hydrogen) atoms. The number of halogens is 6. The smallest absolute Gasteiger partial charge is 0.366 e. The molecule has 1 unspecified atom stereocenters. The molecule has 0 amide bonds. The minimum absolute atomic E-state index is 0.00489. The first-order valence-corrected chi connectivity index (χ1v) is 9.73. The number of hydrogen-bond donors (Lipinski definition) is 3. The molecule has 0 spiro atoms. The molecule has 1 heterocycles. The number of amidine groups is 2. The fourth-order valence-corrected chi connectivity index (χ4v) is 3.44. The van der Waals surface area contributed by atoms with Crippen molar-refractivity contribution in [3.63, 3.8) is 0 Å². The summed E-state index contributed by atoms with van der Waals surface area (Å²) in [5.74, 6) is -5.19. The van der Waals surface area contributed by atoms with Gasteiger partial charge in [0.25, 0.3) is 0 Å². The van der Waals surface area contributed by atoms with E-state index in [1.54, 1.807) is 11.9 Å². The second kappa shape index (κ2) is 10.2. The van der Waals surface area contributed by atoms with Crippen molar-refractivity contribution in [3.8, 4) is 0 Å². The highest BCUT2D eigenvalue weighted by molar-refractivity contribution is 6.01. The van der Waals surface area contributed by atoms with E-state index in [1.165, 1.54) is 0 Å². The molecule has 0 radical (unpaired) electrons. The first-order valence-electron chi connectivity index (χ1n) is 9.73. The van der Waals surface area contributed by atoms with Crippen LogP contribution in [-0.4, -0.2) is 60.4 Å². The van der Waals surface area contributed by atoms with Crippen molar-refractivity contribution in [2.24, 2.45) is 0 Å². The van der Waals surface area contributed by atoms with Crippen molar-refractivity contribution in [3.05, 3.63) is 46.9 Å². The third kappa shape index (κ3) is 6.22. The van der Waals surface area contributed by atoms with Crippen molar-refractivity contribution < 1.29 is 26.3 Å². The Hall–Kier alpha value is -2.56. The Labute approximate surface area is 176 Å². The van der Waals surface area contributed by atoms with Gasteiger partial charge in [0.15, 0.2) is 11.6 Å². The molecule has 1 aliphatic heterocycles. The Kier molecular flexibility index (Phi) is 8.10. The van der Waals surface area contributed by atoms with E-state index < -0.39 is 29.5 Å². The topological polar surface area (TPSA) is 66.2 Å². The maximum absolute atomic E-state index is 14.0. The van der Waals surface area contributed by atoms with Gasteiger partial charge in [-0.15, -0.1) is 0 Å². The Bertz CT molecular complexity index is 851. The summed E-state index contributed by atoms with van der Waals surface area (Å²) in [6, 6.07) is 0.948. The fraction of sp³-hybridized carbons (Fsp3) is 0.500. The first kappa shape index (κ1) is 24.7. The third-order valence-electron chi connectivity index (χ3n) is 5.06. The highest BCUT2D eigenvalue weighted by atomic mass is 19.4. The summed E-state index contributed by atoms with van der Waals surface area (Å²) in [7, 11) is 1.64. The van der Waals surface area contributed by atoms with Crippen LogP contribution >= 0.6 is 0 Å². The van der Waals surface area contributed by atoms with Crippen LogP contribution in [-0.2, 0) is 6.42 Å². The van der Waals surface area contributed by atoms with Gasteiger partial charge in [-0.2, -0.15) is 13.2 Å². The molecule has 1 aromatic rings. The number of alkyl halides is 3. The van der Waals surface area contributed by atoms with Crippen LogP contribution in [0.15, 0.2) is 23.9 Å². The van der Waals surface area contributed by atoms with Gasteiger partial charge in [-0.3, -0.25) is 10.8 Å². The molecule has 5 nitrogen and oxygen atoms in total. The zero-order chi connectivity index (χ0) is 23.3. The molecule has 3 N–H and O–H groups in total. The third-order valence-corrected chi connectivity index (χ3v) is 5.06. The summed E-state index contributed by atoms with van der Waals surface area (Å²) in [6.45, 7) is 1.77. The van der Waals surface area contributed by atoms with Crippen LogP contribution in [0, 0.1) is 28.3 Å². The summed E-state index contributed by atoms with van der Waals surface area (Å²) in [5, 5.41) is 18.2. The molecule has 1 atom stereocenters. The molecule has 11 heteroatoms. The summed E-state index contributed by atoms with van der Waals surface area (Å²) in [6.07, 6.45) is -1.94. The van der Waals surface area contributed by atoms with Gasteiger partial charge in [0.1, 0.15) is 11.7 Å². The zero-order valence-corrected chi connectivity index (χ0v) is 17.2. The van der Waals surface area contributed by atoms with E-state index in [0.29, 0.717) is 23.8 Å². The van der Waals surface area contributed by atoms with Crippen molar-refractivity contribution in [1.29, 1.82) is 10.8 Å². The minimum Gasteiger partial charge on any atom is -0.366 e. The molecule has 1 saturated heterocycles. The number of nitrogens with one attached hydrogen (secondary N) is 3. The van der Waals surface area contributed by atoms with Crippen LogP contribution in [0.25, 0.3) is 0 Å². The van der Waals surface area contributed by atoms with E-state index in [9.17, 15) is 26.3 Å². The SMILES string of the molecule is CC/C=C(\CC(Cc1cc(F)c(F)cc1F)NC)N1CCN(C(=N)C(F)(F)F)C(=N)C1. The number of hydrogen-bond acceptors (Lipinski definition) is 4. The second-order valence-electron chi connectivity index (χ2n) is 7.22. The Morgan fingerprint density at radius 2 is 1.81 bits per heavy atom. The Balaban J connectivity index is 2.12. The Morgan fingerprint density at radius 3 is 2.35 bits per heavy atom. The molecule has 0 saturated carbocycles. The maximum atomic E-state index is 14.0. The van der Waals surface area contributed by atoms with E-state index in [0.717, 1.165) is 11.8 Å². The van der Waals surface area contributed by atoms with Gasteiger partial charge in [0.05, 0.1) is 6.54 Å². The highest BCUT2D eigenvalue weighted by Crippen LogP contribution is 2.24. The lowest BCUT2D eigenvalue weighted by Gasteiger charge is -2.39. The maximum Gasteiger partial charge on any atom is 0.449 e. The van der Waals surface area contributed by atoms with Crippen molar-refractivity contribution in [1.82, 2.24) is 15.1 Å². The van der Waals surface area contributed by atoms with E-state index in [1.807, 2.05) is 13.0 Å². The lowest BCUT2D eigenvalue weighted by atomic mass is 9.99. The predicted molar refractivity (Wildman–Crippen MR) is 106 cm³/mol. The zero-order valence-electron chi connectivity index (χ0n) is 17.2. The van der Waals surface area contributed by atoms with E-state index in [-0.39, 0.29) is 43.5 Å². The number of likely N-dealkylation sites (N-methyl/N-ethyl adjacent to an activating group) is 1. The molecule has 0 aromatic heterocycles. The molecule has 1 fully saturated rings. The average molecular weight is 449 g/mol. The van der Waals surface area contributed by atoms with Crippen LogP contribution < -0.4 is 5.32 Å². The molecule has 172 valence electrons. The summed E-state index contributed by atoms with van der Waals surface area (Å²) >= 11 is 0. The van der Waals surface area contributed by atoms with Crippen LogP contribution in [0.5, 0.6) is 0 Å². The number of allylic oxidation sites excluding steroid dienone is 1. The molecular formula is C20H25F6N5. The van der Waals surface area contributed by atoms with Crippen LogP contribution in [0.1, 0.15) is 25.3 Å².